The maximum Gasteiger partial charge on any atom is 0.241 e. The quantitative estimate of drug-likeness (QED) is 0.661. The lowest BCUT2D eigenvalue weighted by Crippen LogP contribution is -2.37. The fraction of sp³-hybridized carbons (Fsp3) is 0.350. The maximum absolute atomic E-state index is 13.3. The van der Waals surface area contributed by atoms with Crippen LogP contribution in [0.25, 0.3) is 22.0 Å². The SMILES string of the molecule is Cc1noc(C)c1-c1cc(S(=O)(=O)N[C@@H]2CCC[C@H]2C=O)c2cccnc2c1. The molecule has 0 unspecified atom stereocenters. The third-order valence-corrected chi connectivity index (χ3v) is 6.87. The summed E-state index contributed by atoms with van der Waals surface area (Å²) in [5, 5.41) is 4.50. The lowest BCUT2D eigenvalue weighted by molar-refractivity contribution is -0.111. The number of nitrogens with one attached hydrogen (secondary N) is 1. The molecule has 1 aromatic carbocycles. The molecule has 1 fully saturated rings. The summed E-state index contributed by atoms with van der Waals surface area (Å²) in [5.74, 6) is 0.325. The Morgan fingerprint density at radius 1 is 1.25 bits per heavy atom. The fourth-order valence-corrected chi connectivity index (χ4v) is 5.53. The van der Waals surface area contributed by atoms with Crippen LogP contribution in [0.15, 0.2) is 39.9 Å². The summed E-state index contributed by atoms with van der Waals surface area (Å²) < 4.78 is 34.5. The number of carbonyl (C=O) groups excluding carboxylic acids is 1. The topological polar surface area (TPSA) is 102 Å². The highest BCUT2D eigenvalue weighted by Crippen LogP contribution is 2.34. The molecule has 146 valence electrons. The van der Waals surface area contributed by atoms with Gasteiger partial charge in [0.2, 0.25) is 10.0 Å². The van der Waals surface area contributed by atoms with Crippen LogP contribution in [0, 0.1) is 19.8 Å². The summed E-state index contributed by atoms with van der Waals surface area (Å²) in [6, 6.07) is 6.53. The van der Waals surface area contributed by atoms with Gasteiger partial charge in [0.15, 0.2) is 0 Å². The summed E-state index contributed by atoms with van der Waals surface area (Å²) in [7, 11) is -3.85. The minimum Gasteiger partial charge on any atom is -0.361 e. The second-order valence-corrected chi connectivity index (χ2v) is 8.88. The molecule has 4 rings (SSSR count). The van der Waals surface area contributed by atoms with Crippen molar-refractivity contribution in [1.29, 1.82) is 0 Å². The van der Waals surface area contributed by atoms with Crippen LogP contribution >= 0.6 is 0 Å². The van der Waals surface area contributed by atoms with Gasteiger partial charge in [-0.3, -0.25) is 4.98 Å². The Morgan fingerprint density at radius 2 is 2.07 bits per heavy atom. The Labute approximate surface area is 163 Å². The maximum atomic E-state index is 13.3. The van der Waals surface area contributed by atoms with Crippen LogP contribution in [-0.2, 0) is 14.8 Å². The molecule has 0 bridgehead atoms. The molecule has 2 atom stereocenters. The number of fused-ring (bicyclic) bond motifs is 1. The van der Waals surface area contributed by atoms with E-state index in [1.165, 1.54) is 0 Å². The molecule has 3 aromatic rings. The Morgan fingerprint density at radius 3 is 2.79 bits per heavy atom. The van der Waals surface area contributed by atoms with Gasteiger partial charge in [-0.05, 0) is 56.5 Å². The van der Waals surface area contributed by atoms with Gasteiger partial charge in [-0.1, -0.05) is 11.6 Å². The molecule has 1 aliphatic carbocycles. The molecule has 0 amide bonds. The molecule has 2 heterocycles. The van der Waals surface area contributed by atoms with Crippen LogP contribution < -0.4 is 4.72 Å². The van der Waals surface area contributed by atoms with Crippen LogP contribution in [0.5, 0.6) is 0 Å². The van der Waals surface area contributed by atoms with Crippen molar-refractivity contribution in [3.63, 3.8) is 0 Å². The number of nitrogens with zero attached hydrogens (tertiary/aromatic N) is 2. The average Bonchev–Trinajstić information content (AvgIpc) is 3.25. The van der Waals surface area contributed by atoms with Crippen molar-refractivity contribution in [2.45, 2.75) is 44.0 Å². The summed E-state index contributed by atoms with van der Waals surface area (Å²) in [6.45, 7) is 3.60. The van der Waals surface area contributed by atoms with E-state index in [1.54, 1.807) is 31.3 Å². The van der Waals surface area contributed by atoms with E-state index in [0.717, 1.165) is 18.3 Å². The Balaban J connectivity index is 1.87. The number of pyridine rings is 1. The third-order valence-electron chi connectivity index (χ3n) is 5.35. The van der Waals surface area contributed by atoms with Crippen molar-refractivity contribution in [3.8, 4) is 11.1 Å². The molecule has 0 saturated heterocycles. The summed E-state index contributed by atoms with van der Waals surface area (Å²) in [6.07, 6.45) is 4.67. The Hall–Kier alpha value is -2.58. The molecule has 8 heteroatoms. The number of carbonyl (C=O) groups is 1. The lowest BCUT2D eigenvalue weighted by Gasteiger charge is -2.18. The molecule has 0 aliphatic heterocycles. The van der Waals surface area contributed by atoms with Gasteiger partial charge < -0.3 is 9.32 Å². The van der Waals surface area contributed by atoms with Crippen LogP contribution in [0.3, 0.4) is 0 Å². The van der Waals surface area contributed by atoms with Crippen molar-refractivity contribution in [2.75, 3.05) is 0 Å². The molecule has 1 aliphatic rings. The minimum absolute atomic E-state index is 0.143. The third kappa shape index (κ3) is 3.22. The largest absolute Gasteiger partial charge is 0.361 e. The first kappa shape index (κ1) is 18.8. The van der Waals surface area contributed by atoms with Crippen LogP contribution in [0.1, 0.15) is 30.7 Å². The lowest BCUT2D eigenvalue weighted by atomic mass is 10.0. The molecule has 7 nitrogen and oxygen atoms in total. The number of hydrogen-bond acceptors (Lipinski definition) is 6. The first-order chi connectivity index (χ1) is 13.4. The van der Waals surface area contributed by atoms with Crippen molar-refractivity contribution < 1.29 is 17.7 Å². The van der Waals surface area contributed by atoms with Gasteiger partial charge in [-0.15, -0.1) is 0 Å². The number of aryl methyl sites for hydroxylation is 2. The van der Waals surface area contributed by atoms with Crippen LogP contribution in [0.4, 0.5) is 0 Å². The monoisotopic (exact) mass is 399 g/mol. The van der Waals surface area contributed by atoms with E-state index in [0.29, 0.717) is 40.8 Å². The highest BCUT2D eigenvalue weighted by molar-refractivity contribution is 7.89. The first-order valence-electron chi connectivity index (χ1n) is 9.20. The molecule has 1 saturated carbocycles. The van der Waals surface area contributed by atoms with Gasteiger partial charge in [0.25, 0.3) is 0 Å². The zero-order chi connectivity index (χ0) is 19.9. The smallest absolute Gasteiger partial charge is 0.241 e. The van der Waals surface area contributed by atoms with E-state index in [9.17, 15) is 13.2 Å². The van der Waals surface area contributed by atoms with Crippen molar-refractivity contribution in [3.05, 3.63) is 41.9 Å². The van der Waals surface area contributed by atoms with E-state index in [1.807, 2.05) is 13.0 Å². The molecule has 28 heavy (non-hydrogen) atoms. The van der Waals surface area contributed by atoms with E-state index in [4.69, 9.17) is 4.52 Å². The van der Waals surface area contributed by atoms with Crippen molar-refractivity contribution in [2.24, 2.45) is 5.92 Å². The standard InChI is InChI=1S/C20H21N3O4S/c1-12-20(13(2)27-22-12)15-9-18-16(6-4-8-21-18)19(10-15)28(25,26)23-17-7-3-5-14(17)11-24/h4,6,8-11,14,17,23H,3,5,7H2,1-2H3/t14-,17+/m0/s1. The van der Waals surface area contributed by atoms with Gasteiger partial charge >= 0.3 is 0 Å². The van der Waals surface area contributed by atoms with Crippen LogP contribution in [-0.4, -0.2) is 30.9 Å². The number of rotatable bonds is 5. The molecule has 0 radical (unpaired) electrons. The number of hydrogen-bond donors (Lipinski definition) is 1. The van der Waals surface area contributed by atoms with Gasteiger partial charge in [-0.25, -0.2) is 13.1 Å². The van der Waals surface area contributed by atoms with Gasteiger partial charge in [-0.2, -0.15) is 0 Å². The highest BCUT2D eigenvalue weighted by atomic mass is 32.2. The summed E-state index contributed by atoms with van der Waals surface area (Å²) in [5.41, 5.74) is 2.69. The van der Waals surface area contributed by atoms with E-state index in [-0.39, 0.29) is 16.9 Å². The normalized spacial score (nSPS) is 19.9. The van der Waals surface area contributed by atoms with Gasteiger partial charge in [0.05, 0.1) is 16.1 Å². The Bertz CT molecular complexity index is 1130. The number of sulfonamides is 1. The average molecular weight is 399 g/mol. The van der Waals surface area contributed by atoms with Crippen molar-refractivity contribution >= 4 is 27.2 Å². The highest BCUT2D eigenvalue weighted by Gasteiger charge is 2.32. The zero-order valence-corrected chi connectivity index (χ0v) is 16.5. The molecule has 1 N–H and O–H groups in total. The second kappa shape index (κ2) is 7.10. The van der Waals surface area contributed by atoms with E-state index < -0.39 is 10.0 Å². The zero-order valence-electron chi connectivity index (χ0n) is 15.7. The van der Waals surface area contributed by atoms with Gasteiger partial charge in [0, 0.05) is 29.1 Å². The molecular weight excluding hydrogens is 378 g/mol. The fourth-order valence-electron chi connectivity index (χ4n) is 3.97. The second-order valence-electron chi connectivity index (χ2n) is 7.20. The first-order valence-corrected chi connectivity index (χ1v) is 10.7. The number of aldehydes is 1. The summed E-state index contributed by atoms with van der Waals surface area (Å²) >= 11 is 0. The van der Waals surface area contributed by atoms with Gasteiger partial charge in [0.1, 0.15) is 12.0 Å². The predicted octanol–water partition coefficient (Wildman–Crippen LogP) is 3.15. The summed E-state index contributed by atoms with van der Waals surface area (Å²) in [4.78, 5) is 15.8. The molecule has 0 spiro atoms. The van der Waals surface area contributed by atoms with E-state index in [2.05, 4.69) is 14.9 Å². The van der Waals surface area contributed by atoms with Crippen molar-refractivity contribution in [1.82, 2.24) is 14.9 Å². The molecule has 2 aromatic heterocycles. The molecular formula is C20H21N3O4S. The Kier molecular flexibility index (Phi) is 4.76. The number of benzene rings is 1. The number of aromatic nitrogens is 2. The predicted molar refractivity (Wildman–Crippen MR) is 104 cm³/mol. The van der Waals surface area contributed by atoms with E-state index >= 15 is 0 Å². The van der Waals surface area contributed by atoms with Crippen LogP contribution in [0.2, 0.25) is 0 Å². The minimum atomic E-state index is -3.85.